The Morgan fingerprint density at radius 1 is 0.256 bits per heavy atom. The number of ether oxygens (including phenoxy) is 4. The smallest absolute Gasteiger partial charge is 0.365 e. The Bertz CT molecular complexity index is 4760. The van der Waals surface area contributed by atoms with Crippen LogP contribution in [0.1, 0.15) is 19.8 Å². The molecule has 0 rings (SSSR count). The molecule has 8 nitrogen and oxygen atoms in total. The third-order valence-electron chi connectivity index (χ3n) is 5.79. The predicted molar refractivity (Wildman–Crippen MR) is 302 cm³/mol. The van der Waals surface area contributed by atoms with Crippen LogP contribution in [0.4, 0.5) is 0 Å². The van der Waals surface area contributed by atoms with Crippen LogP contribution >= 0.6 is 0 Å². The quantitative estimate of drug-likeness (QED) is 0.201. The summed E-state index contributed by atoms with van der Waals surface area (Å²) < 4.78 is 19.6. The van der Waals surface area contributed by atoms with E-state index in [1.807, 2.05) is 18.3 Å². The summed E-state index contributed by atoms with van der Waals surface area (Å²) >= 11 is 0. The molecular weight excluding hydrogens is 1020 g/mol. The number of carbonyl (C=O) groups is 4. The average Bonchev–Trinajstić information content (AvgIpc) is 3.46. The van der Waals surface area contributed by atoms with Crippen LogP contribution in [-0.4, -0.2) is 29.5 Å². The van der Waals surface area contributed by atoms with Gasteiger partial charge in [0.1, 0.15) is 18.3 Å². The van der Waals surface area contributed by atoms with Crippen LogP contribution in [0, 0.1) is 393 Å². The first kappa shape index (κ1) is 65.4. The molecule has 0 aliphatic rings. The lowest BCUT2D eigenvalue weighted by Gasteiger charge is -2.27. The molecule has 0 amide bonds. The first-order valence-electron chi connectivity index (χ1n) is 20.5. The molecule has 0 atom stereocenters. The van der Waals surface area contributed by atoms with E-state index in [4.69, 9.17) is 38.2 Å². The number of carbonyl (C=O) groups excluding carboxylic acids is 4. The van der Waals surface area contributed by atoms with Crippen molar-refractivity contribution in [2.24, 2.45) is 0 Å². The van der Waals surface area contributed by atoms with Gasteiger partial charge in [0.15, 0.2) is 0 Å². The van der Waals surface area contributed by atoms with Crippen molar-refractivity contribution in [3.05, 3.63) is 0 Å². The molecule has 354 valence electrons. The molecule has 0 N–H and O–H groups in total. The Morgan fingerprint density at radius 2 is 0.415 bits per heavy atom. The number of terminal acetylenes is 3. The van der Waals surface area contributed by atoms with Gasteiger partial charge in [-0.3, -0.25) is 14.4 Å². The standard InChI is InChI=1S/C74H10O8/c1-5-8-11-14-17-20-23-26-29-32-35-38-41-44-47-50-53-56-59-62-65-79-71(76)68-74(82-70(4)75,73(78)81-67-64-61-58-55-52-49-46-43-40-37-34-31-28-25-22-19-16-13-10-7-3)69-72(77)80-66-63-60-57-54-51-48-45-42-39-36-33-30-27-24-21-18-15-12-9-6-2/h1-3H,68-69H2,4H3. The molecule has 0 aromatic carbocycles. The number of hydrogen-bond acceptors (Lipinski definition) is 8. The fourth-order valence-electron chi connectivity index (χ4n) is 3.24. The molecule has 0 spiro atoms. The van der Waals surface area contributed by atoms with Crippen LogP contribution in [-0.2, 0) is 38.1 Å². The van der Waals surface area contributed by atoms with Gasteiger partial charge in [-0.1, -0.05) is 0 Å². The van der Waals surface area contributed by atoms with Gasteiger partial charge in [-0.15, -0.1) is 19.3 Å². The number of esters is 4. The van der Waals surface area contributed by atoms with Crippen LogP contribution in [0.25, 0.3) is 0 Å². The molecule has 0 bridgehead atoms. The van der Waals surface area contributed by atoms with Crippen molar-refractivity contribution in [3.63, 3.8) is 0 Å². The van der Waals surface area contributed by atoms with E-state index >= 15 is 0 Å². The highest BCUT2D eigenvalue weighted by atomic mass is 16.6. The summed E-state index contributed by atoms with van der Waals surface area (Å²) in [4.78, 5) is 51.5. The molecule has 0 saturated heterocycles. The van der Waals surface area contributed by atoms with Crippen molar-refractivity contribution < 1.29 is 38.1 Å². The van der Waals surface area contributed by atoms with Crippen molar-refractivity contribution in [1.29, 1.82) is 0 Å². The highest BCUT2D eigenvalue weighted by Gasteiger charge is 2.49. The minimum Gasteiger partial charge on any atom is -0.446 e. The predicted octanol–water partition coefficient (Wildman–Crippen LogP) is -0.428. The normalized spacial score (nSPS) is 5.39. The van der Waals surface area contributed by atoms with E-state index < -0.39 is 42.3 Å². The maximum Gasteiger partial charge on any atom is 0.365 e. The Hall–Kier alpha value is -16.6. The van der Waals surface area contributed by atoms with E-state index in [-0.39, 0.29) is 0 Å². The van der Waals surface area contributed by atoms with E-state index in [1.54, 1.807) is 0 Å². The van der Waals surface area contributed by atoms with Crippen LogP contribution in [0.3, 0.4) is 0 Å². The molecular formula is C74H10O8. The number of rotatable bonds is 6. The fourth-order valence-corrected chi connectivity index (χ4v) is 3.24. The molecule has 0 aromatic heterocycles. The van der Waals surface area contributed by atoms with Gasteiger partial charge in [-0.25, -0.2) is 4.79 Å². The average molecular weight is 1030 g/mol. The van der Waals surface area contributed by atoms with Crippen molar-refractivity contribution >= 4 is 23.9 Å². The van der Waals surface area contributed by atoms with E-state index in [0.717, 1.165) is 6.92 Å². The van der Waals surface area contributed by atoms with Crippen molar-refractivity contribution in [3.8, 4) is 393 Å². The summed E-state index contributed by atoms with van der Waals surface area (Å²) in [6.45, 7) is 0.870. The van der Waals surface area contributed by atoms with Gasteiger partial charge in [0.25, 0.3) is 0 Å². The minimum absolute atomic E-state index is 0.870. The second-order valence-electron chi connectivity index (χ2n) is 11.1. The molecule has 8 heteroatoms. The number of hydrogen-bond donors (Lipinski definition) is 0. The van der Waals surface area contributed by atoms with Gasteiger partial charge in [0.2, 0.25) is 5.60 Å². The molecule has 0 aliphatic heterocycles. The Labute approximate surface area is 477 Å². The molecule has 0 heterocycles. The summed E-state index contributed by atoms with van der Waals surface area (Å²) in [6, 6.07) is 0. The lowest BCUT2D eigenvalue weighted by Crippen LogP contribution is -2.47. The highest BCUT2D eigenvalue weighted by molar-refractivity contribution is 5.93. The lowest BCUT2D eigenvalue weighted by atomic mass is 9.95. The van der Waals surface area contributed by atoms with Gasteiger partial charge in [0.05, 0.1) is 12.8 Å². The summed E-state index contributed by atoms with van der Waals surface area (Å²) in [7, 11) is 0. The van der Waals surface area contributed by atoms with Crippen LogP contribution in [0.15, 0.2) is 0 Å². The summed E-state index contributed by atoms with van der Waals surface area (Å²) in [5.74, 6) is 137. The topological polar surface area (TPSA) is 105 Å². The van der Waals surface area contributed by atoms with Gasteiger partial charge >= 0.3 is 23.9 Å². The van der Waals surface area contributed by atoms with Crippen LogP contribution in [0.2, 0.25) is 0 Å². The molecule has 82 heavy (non-hydrogen) atoms. The van der Waals surface area contributed by atoms with Gasteiger partial charge in [-0.2, -0.15) is 0 Å². The van der Waals surface area contributed by atoms with E-state index in [2.05, 4.69) is 355 Å². The Balaban J connectivity index is 6.21. The molecule has 0 saturated carbocycles. The van der Waals surface area contributed by atoms with Gasteiger partial charge in [0, 0.05) is 220 Å². The maximum absolute atomic E-state index is 13.4. The SMILES string of the molecule is C#CC#CC#CC#CC#CC#CC#CC#CC#CC#CC#COC(=O)CC(CC(=O)OC#CC#CC#CC#CC#CC#CC#CC#CC#CC#CC#C)(OC(C)=O)C(=O)OC#CC#CC#CC#CC#CC#CC#CC#CC#CC#CC#C. The van der Waals surface area contributed by atoms with Gasteiger partial charge in [-0.05, 0) is 142 Å². The first-order valence-corrected chi connectivity index (χ1v) is 20.5. The highest BCUT2D eigenvalue weighted by Crippen LogP contribution is 2.25. The largest absolute Gasteiger partial charge is 0.446 e. The molecule has 0 unspecified atom stereocenters. The summed E-state index contributed by atoms with van der Waals surface area (Å²) in [6.07, 6.45) is 18.4. The van der Waals surface area contributed by atoms with E-state index in [1.165, 1.54) is 0 Å². The van der Waals surface area contributed by atoms with Crippen molar-refractivity contribution in [2.45, 2.75) is 25.4 Å². The van der Waals surface area contributed by atoms with Crippen LogP contribution in [0.5, 0.6) is 0 Å². The maximum atomic E-state index is 13.4. The third kappa shape index (κ3) is 45.8. The van der Waals surface area contributed by atoms with E-state index in [9.17, 15) is 19.2 Å². The minimum atomic E-state index is -2.75. The molecule has 0 aliphatic carbocycles. The third-order valence-corrected chi connectivity index (χ3v) is 5.79. The molecule has 0 fully saturated rings. The first-order chi connectivity index (χ1) is 40.3. The Kier molecular flexibility index (Phi) is 41.6. The van der Waals surface area contributed by atoms with E-state index in [0.29, 0.717) is 0 Å². The lowest BCUT2D eigenvalue weighted by molar-refractivity contribution is -0.184. The van der Waals surface area contributed by atoms with Crippen molar-refractivity contribution in [1.82, 2.24) is 0 Å². The monoisotopic (exact) mass is 1030 g/mol. The zero-order chi connectivity index (χ0) is 59.6. The summed E-state index contributed by atoms with van der Waals surface area (Å²) in [5.41, 5.74) is -2.75. The van der Waals surface area contributed by atoms with Crippen molar-refractivity contribution in [2.75, 3.05) is 0 Å². The zero-order valence-corrected chi connectivity index (χ0v) is 41.4. The van der Waals surface area contributed by atoms with Gasteiger partial charge < -0.3 is 18.9 Å². The summed E-state index contributed by atoms with van der Waals surface area (Å²) in [5, 5.41) is 0. The zero-order valence-electron chi connectivity index (χ0n) is 41.4. The Morgan fingerprint density at radius 3 is 0.585 bits per heavy atom. The molecule has 0 radical (unpaired) electrons. The second kappa shape index (κ2) is 52.2. The van der Waals surface area contributed by atoms with Crippen LogP contribution < -0.4 is 0 Å². The second-order valence-corrected chi connectivity index (χ2v) is 11.1. The molecule has 0 aromatic rings. The fraction of sp³-hybridized carbons (Fsp3) is 0.0541.